The molecule has 1 heterocycles. The number of benzene rings is 2. The Morgan fingerprint density at radius 3 is 2.70 bits per heavy atom. The summed E-state index contributed by atoms with van der Waals surface area (Å²) < 4.78 is 16.2. The molecule has 1 amide bonds. The van der Waals surface area contributed by atoms with Gasteiger partial charge in [-0.3, -0.25) is 9.79 Å². The number of para-hydroxylation sites is 1. The average molecular weight is 405 g/mol. The van der Waals surface area contributed by atoms with Gasteiger partial charge in [-0.1, -0.05) is 18.2 Å². The molecule has 1 saturated carbocycles. The van der Waals surface area contributed by atoms with Crippen LogP contribution >= 0.6 is 0 Å². The molecule has 2 aromatic rings. The molecule has 30 heavy (non-hydrogen) atoms. The van der Waals surface area contributed by atoms with Crippen molar-refractivity contribution < 1.29 is 19.0 Å². The number of ether oxygens (including phenoxy) is 3. The minimum Gasteiger partial charge on any atom is -0.496 e. The van der Waals surface area contributed by atoms with Crippen molar-refractivity contribution in [2.45, 2.75) is 25.2 Å². The molecule has 1 fully saturated rings. The molecule has 7 heteroatoms. The van der Waals surface area contributed by atoms with Gasteiger partial charge in [0.05, 0.1) is 24.4 Å². The molecule has 1 aliphatic carbocycles. The number of hydrogen-bond donors (Lipinski definition) is 1. The third kappa shape index (κ3) is 3.66. The highest BCUT2D eigenvalue weighted by molar-refractivity contribution is 6.02. The Labute approximate surface area is 175 Å². The normalized spacial score (nSPS) is 16.7. The van der Waals surface area contributed by atoms with Crippen LogP contribution in [0.3, 0.4) is 0 Å². The molecule has 0 bridgehead atoms. The van der Waals surface area contributed by atoms with Gasteiger partial charge in [-0.2, -0.15) is 0 Å². The number of carbonyl (C=O) groups excluding carboxylic acids is 1. The molecular weight excluding hydrogens is 382 g/mol. The second-order valence-electron chi connectivity index (χ2n) is 7.20. The molecular formula is C23H23N3O4. The van der Waals surface area contributed by atoms with Gasteiger partial charge in [0.1, 0.15) is 5.75 Å². The van der Waals surface area contributed by atoms with Crippen LogP contribution in [0, 0.1) is 0 Å². The van der Waals surface area contributed by atoms with Crippen LogP contribution in [0.2, 0.25) is 0 Å². The van der Waals surface area contributed by atoms with Gasteiger partial charge in [-0.15, -0.1) is 0 Å². The van der Waals surface area contributed by atoms with Gasteiger partial charge >= 0.3 is 0 Å². The number of methoxy groups -OCH3 is 1. The zero-order valence-electron chi connectivity index (χ0n) is 17.0. The van der Waals surface area contributed by atoms with Crippen molar-refractivity contribution in [2.24, 2.45) is 9.98 Å². The van der Waals surface area contributed by atoms with Gasteiger partial charge in [-0.05, 0) is 56.3 Å². The van der Waals surface area contributed by atoms with Crippen LogP contribution < -0.4 is 19.5 Å². The molecule has 0 radical (unpaired) electrons. The maximum Gasteiger partial charge on any atom is 0.236 e. The number of hydrogen-bond acceptors (Lipinski definition) is 6. The second-order valence-corrected chi connectivity index (χ2v) is 7.20. The SMILES string of the molecule is C=N/C=C(\N=C(/C)c1ccccc1OC)NC(=O)C1(c2ccc3c(c2)OCO3)CC1. The van der Waals surface area contributed by atoms with Gasteiger partial charge in [0.2, 0.25) is 12.7 Å². The molecule has 0 aromatic heterocycles. The van der Waals surface area contributed by atoms with E-state index >= 15 is 0 Å². The summed E-state index contributed by atoms with van der Waals surface area (Å²) in [5, 5.41) is 2.91. The minimum absolute atomic E-state index is 0.132. The van der Waals surface area contributed by atoms with E-state index < -0.39 is 5.41 Å². The Morgan fingerprint density at radius 2 is 1.97 bits per heavy atom. The van der Waals surface area contributed by atoms with Gasteiger partial charge in [0, 0.05) is 5.56 Å². The summed E-state index contributed by atoms with van der Waals surface area (Å²) in [5.41, 5.74) is 1.83. The number of amides is 1. The predicted octanol–water partition coefficient (Wildman–Crippen LogP) is 3.58. The largest absolute Gasteiger partial charge is 0.496 e. The highest BCUT2D eigenvalue weighted by atomic mass is 16.7. The van der Waals surface area contributed by atoms with Gasteiger partial charge in [0.15, 0.2) is 17.3 Å². The summed E-state index contributed by atoms with van der Waals surface area (Å²) in [4.78, 5) is 21.5. The first-order valence-corrected chi connectivity index (χ1v) is 9.63. The Balaban J connectivity index is 1.57. The first kappa shape index (κ1) is 19.7. The molecule has 154 valence electrons. The lowest BCUT2D eigenvalue weighted by molar-refractivity contribution is -0.122. The van der Waals surface area contributed by atoms with E-state index in [0.717, 1.165) is 24.0 Å². The summed E-state index contributed by atoms with van der Waals surface area (Å²) in [6, 6.07) is 13.2. The number of nitrogens with zero attached hydrogens (tertiary/aromatic N) is 2. The molecule has 2 aliphatic rings. The smallest absolute Gasteiger partial charge is 0.236 e. The van der Waals surface area contributed by atoms with Crippen LogP contribution in [0.25, 0.3) is 0 Å². The molecule has 1 aliphatic heterocycles. The fraction of sp³-hybridized carbons (Fsp3) is 0.261. The van der Waals surface area contributed by atoms with Crippen LogP contribution in [0.15, 0.2) is 64.5 Å². The summed E-state index contributed by atoms with van der Waals surface area (Å²) in [6.45, 7) is 5.55. The predicted molar refractivity (Wildman–Crippen MR) is 114 cm³/mol. The van der Waals surface area contributed by atoms with Crippen molar-refractivity contribution in [3.63, 3.8) is 0 Å². The van der Waals surface area contributed by atoms with Gasteiger partial charge in [-0.25, -0.2) is 4.99 Å². The lowest BCUT2D eigenvalue weighted by Crippen LogP contribution is -2.34. The maximum atomic E-state index is 13.2. The van der Waals surface area contributed by atoms with Gasteiger partial charge in [0.25, 0.3) is 0 Å². The first-order chi connectivity index (χ1) is 14.6. The second kappa shape index (κ2) is 8.02. The molecule has 0 unspecified atom stereocenters. The van der Waals surface area contributed by atoms with Crippen molar-refractivity contribution in [2.75, 3.05) is 13.9 Å². The van der Waals surface area contributed by atoms with E-state index in [2.05, 4.69) is 22.0 Å². The van der Waals surface area contributed by atoms with Crippen LogP contribution in [-0.4, -0.2) is 32.2 Å². The van der Waals surface area contributed by atoms with E-state index in [1.165, 1.54) is 6.20 Å². The first-order valence-electron chi connectivity index (χ1n) is 9.63. The summed E-state index contributed by atoms with van der Waals surface area (Å²) in [6.07, 6.45) is 2.94. The highest BCUT2D eigenvalue weighted by Crippen LogP contribution is 2.50. The van der Waals surface area contributed by atoms with Gasteiger partial charge < -0.3 is 19.5 Å². The molecule has 1 N–H and O–H groups in total. The van der Waals surface area contributed by atoms with E-state index in [9.17, 15) is 4.79 Å². The van der Waals surface area contributed by atoms with E-state index in [1.54, 1.807) is 7.11 Å². The molecule has 0 atom stereocenters. The third-order valence-electron chi connectivity index (χ3n) is 5.35. The van der Waals surface area contributed by atoms with E-state index in [4.69, 9.17) is 14.2 Å². The fourth-order valence-corrected chi connectivity index (χ4v) is 3.56. The van der Waals surface area contributed by atoms with Crippen LogP contribution in [0.1, 0.15) is 30.9 Å². The number of nitrogens with one attached hydrogen (secondary N) is 1. The number of carbonyl (C=O) groups is 1. The Bertz CT molecular complexity index is 1050. The lowest BCUT2D eigenvalue weighted by Gasteiger charge is -2.17. The number of aliphatic imine (C=N–C) groups is 2. The van der Waals surface area contributed by atoms with Crippen molar-refractivity contribution in [1.82, 2.24) is 5.32 Å². The van der Waals surface area contributed by atoms with Crippen LogP contribution in [-0.2, 0) is 10.2 Å². The number of fused-ring (bicyclic) bond motifs is 1. The molecule has 2 aromatic carbocycles. The van der Waals surface area contributed by atoms with Crippen molar-refractivity contribution in [1.29, 1.82) is 0 Å². The monoisotopic (exact) mass is 405 g/mol. The standard InChI is InChI=1S/C23H23N3O4/c1-15(17-6-4-5-7-18(17)28-3)25-21(13-24-2)26-22(27)23(10-11-23)16-8-9-19-20(12-16)30-14-29-19/h4-9,12-13H,2,10-11,14H2,1,3H3,(H,26,27)/b21-13+,25-15+. The lowest BCUT2D eigenvalue weighted by atomic mass is 9.94. The third-order valence-corrected chi connectivity index (χ3v) is 5.35. The Kier molecular flexibility index (Phi) is 5.27. The summed E-state index contributed by atoms with van der Waals surface area (Å²) in [5.74, 6) is 2.26. The Hall–Kier alpha value is -3.61. The molecule has 7 nitrogen and oxygen atoms in total. The van der Waals surface area contributed by atoms with E-state index in [-0.39, 0.29) is 12.7 Å². The fourth-order valence-electron chi connectivity index (χ4n) is 3.56. The molecule has 0 saturated heterocycles. The van der Waals surface area contributed by atoms with Crippen LogP contribution in [0.5, 0.6) is 17.2 Å². The van der Waals surface area contributed by atoms with Crippen molar-refractivity contribution in [3.05, 3.63) is 65.6 Å². The van der Waals surface area contributed by atoms with Crippen molar-refractivity contribution in [3.8, 4) is 17.2 Å². The molecule has 0 spiro atoms. The molecule has 4 rings (SSSR count). The summed E-state index contributed by atoms with van der Waals surface area (Å²) >= 11 is 0. The highest BCUT2D eigenvalue weighted by Gasteiger charge is 2.51. The van der Waals surface area contributed by atoms with Crippen molar-refractivity contribution >= 4 is 18.3 Å². The zero-order chi connectivity index (χ0) is 21.1. The van der Waals surface area contributed by atoms with E-state index in [0.29, 0.717) is 28.8 Å². The quantitative estimate of drug-likeness (QED) is 0.714. The van der Waals surface area contributed by atoms with E-state index in [1.807, 2.05) is 49.4 Å². The number of rotatable bonds is 7. The zero-order valence-corrected chi connectivity index (χ0v) is 17.0. The minimum atomic E-state index is -0.602. The summed E-state index contributed by atoms with van der Waals surface area (Å²) in [7, 11) is 1.61. The topological polar surface area (TPSA) is 81.5 Å². The average Bonchev–Trinajstić information content (AvgIpc) is 3.44. The Morgan fingerprint density at radius 1 is 1.20 bits per heavy atom. The maximum absolute atomic E-state index is 13.2. The van der Waals surface area contributed by atoms with Crippen LogP contribution in [0.4, 0.5) is 0 Å².